The molecule has 0 aliphatic carbocycles. The van der Waals surface area contributed by atoms with Crippen LogP contribution in [0.5, 0.6) is 0 Å². The van der Waals surface area contributed by atoms with Crippen LogP contribution in [0.25, 0.3) is 41.8 Å². The average Bonchev–Trinajstić information content (AvgIpc) is 3.45. The molecule has 24 heteroatoms. The number of ether oxygens (including phenoxy) is 4. The van der Waals surface area contributed by atoms with Gasteiger partial charge >= 0.3 is 23.9 Å². The van der Waals surface area contributed by atoms with Gasteiger partial charge in [0.1, 0.15) is 50.6 Å². The lowest BCUT2D eigenvalue weighted by Gasteiger charge is -2.40. The summed E-state index contributed by atoms with van der Waals surface area (Å²) < 4.78 is 23.8. The van der Waals surface area contributed by atoms with Gasteiger partial charge in [0, 0.05) is 98.2 Å². The molecule has 4 aromatic rings. The summed E-state index contributed by atoms with van der Waals surface area (Å²) in [6.07, 6.45) is 0.176. The Labute approximate surface area is 440 Å². The molecule has 0 amide bonds. The first-order chi connectivity index (χ1) is 37.2. The van der Waals surface area contributed by atoms with Crippen LogP contribution in [-0.4, -0.2) is 146 Å². The third-order valence-corrected chi connectivity index (χ3v) is 12.7. The minimum atomic E-state index is -1.000. The summed E-state index contributed by atoms with van der Waals surface area (Å²) in [7, 11) is 0. The van der Waals surface area contributed by atoms with Crippen molar-refractivity contribution in [3.05, 3.63) is 185 Å². The summed E-state index contributed by atoms with van der Waals surface area (Å²) in [5.41, 5.74) is 40.4. The highest BCUT2D eigenvalue weighted by Crippen LogP contribution is 2.20. The third-order valence-electron chi connectivity index (χ3n) is 12.7. The molecule has 0 spiro atoms. The molecule has 0 aromatic heterocycles. The monoisotopic (exact) mass is 1040 g/mol. The van der Waals surface area contributed by atoms with Gasteiger partial charge in [0.2, 0.25) is 0 Å². The van der Waals surface area contributed by atoms with Crippen molar-refractivity contribution in [1.29, 1.82) is 0 Å². The van der Waals surface area contributed by atoms with E-state index in [2.05, 4.69) is 40.1 Å². The van der Waals surface area contributed by atoms with Gasteiger partial charge in [0.15, 0.2) is 0 Å². The molecule has 400 valence electrons. The van der Waals surface area contributed by atoms with E-state index in [1.807, 2.05) is 141 Å². The lowest BCUT2D eigenvalue weighted by molar-refractivity contribution is -0.156. The highest BCUT2D eigenvalue weighted by Gasteiger charge is 2.36. The molecule has 0 saturated carbocycles. The number of nitrogens with zero attached hydrogens (tertiary/aromatic N) is 16. The van der Waals surface area contributed by atoms with E-state index in [0.717, 1.165) is 22.3 Å². The summed E-state index contributed by atoms with van der Waals surface area (Å²) in [5.74, 6) is -2.41. The highest BCUT2D eigenvalue weighted by molar-refractivity contribution is 5.77. The molecule has 0 radical (unpaired) electrons. The molecule has 0 unspecified atom stereocenters. The molecular weight excluding hydrogens is 977 g/mol. The minimum Gasteiger partial charge on any atom is -0.460 e. The predicted molar refractivity (Wildman–Crippen MR) is 281 cm³/mol. The van der Waals surface area contributed by atoms with Crippen molar-refractivity contribution in [1.82, 2.24) is 19.6 Å². The third kappa shape index (κ3) is 20.6. The summed E-state index contributed by atoms with van der Waals surface area (Å²) in [5, 5.41) is 15.1. The van der Waals surface area contributed by atoms with Crippen LogP contribution in [-0.2, 0) is 64.6 Å². The summed E-state index contributed by atoms with van der Waals surface area (Å²) in [4.78, 5) is 76.8. The van der Waals surface area contributed by atoms with Crippen LogP contribution in [0.3, 0.4) is 0 Å². The maximum Gasteiger partial charge on any atom is 0.323 e. The zero-order valence-electron chi connectivity index (χ0n) is 42.4. The quantitative estimate of drug-likeness (QED) is 0.0170. The second-order valence-electron chi connectivity index (χ2n) is 17.6. The van der Waals surface area contributed by atoms with Gasteiger partial charge in [-0.15, -0.1) is 0 Å². The molecule has 4 aromatic carbocycles. The number of esters is 4. The van der Waals surface area contributed by atoms with Crippen molar-refractivity contribution in [3.63, 3.8) is 0 Å². The maximum atomic E-state index is 14.4. The molecule has 0 N–H and O–H groups in total. The minimum absolute atomic E-state index is 0.0439. The molecule has 5 rings (SSSR count). The highest BCUT2D eigenvalue weighted by atomic mass is 16.5. The zero-order valence-corrected chi connectivity index (χ0v) is 42.4. The number of azide groups is 4. The lowest BCUT2D eigenvalue weighted by atomic mass is 10.1. The molecule has 4 atom stereocenters. The van der Waals surface area contributed by atoms with Crippen LogP contribution >= 0.6 is 0 Å². The van der Waals surface area contributed by atoms with Gasteiger partial charge in [-0.05, 0) is 70.1 Å². The molecule has 76 heavy (non-hydrogen) atoms. The smallest absolute Gasteiger partial charge is 0.323 e. The van der Waals surface area contributed by atoms with E-state index in [4.69, 9.17) is 18.9 Å². The van der Waals surface area contributed by atoms with Crippen LogP contribution in [0.2, 0.25) is 0 Å². The summed E-state index contributed by atoms with van der Waals surface area (Å²) in [6.45, 7) is 0.325. The summed E-state index contributed by atoms with van der Waals surface area (Å²) in [6, 6.07) is 32.6. The Kier molecular flexibility index (Phi) is 26.5. The van der Waals surface area contributed by atoms with Crippen molar-refractivity contribution in [2.24, 2.45) is 20.5 Å². The SMILES string of the molecule is [N-]=[N+]=NCC[C@H](C(=O)OCc1ccccc1)N1CCN([C@H](CCN=[N+]=[N-])C(=O)OCc2ccccc2)CCN([C@H](CCN=[N+]=[N-])C(=O)OCc2ccccc2)CCN([C@H](CCN=[N+]=[N-])C(=O)OCc2ccccc2)CC1. The molecule has 1 aliphatic rings. The van der Waals surface area contributed by atoms with Gasteiger partial charge in [-0.1, -0.05) is 142 Å². The Hall–Kier alpha value is -8.16. The van der Waals surface area contributed by atoms with E-state index in [1.165, 1.54) is 0 Å². The first-order valence-corrected chi connectivity index (χ1v) is 25.1. The Balaban J connectivity index is 1.61. The van der Waals surface area contributed by atoms with Crippen molar-refractivity contribution >= 4 is 23.9 Å². The predicted octanol–water partition coefficient (Wildman–Crippen LogP) is 8.46. The van der Waals surface area contributed by atoms with Gasteiger partial charge in [-0.25, -0.2) is 0 Å². The zero-order chi connectivity index (χ0) is 54.0. The largest absolute Gasteiger partial charge is 0.460 e. The van der Waals surface area contributed by atoms with Gasteiger partial charge in [0.25, 0.3) is 0 Å². The second kappa shape index (κ2) is 34.4. The van der Waals surface area contributed by atoms with Crippen LogP contribution in [0, 0.1) is 0 Å². The average molecular weight is 1040 g/mol. The molecule has 1 fully saturated rings. The van der Waals surface area contributed by atoms with E-state index in [0.29, 0.717) is 0 Å². The molecule has 1 saturated heterocycles. The van der Waals surface area contributed by atoms with Crippen LogP contribution in [0.15, 0.2) is 142 Å². The topological polar surface area (TPSA) is 313 Å². The number of hydrogen-bond acceptors (Lipinski definition) is 16. The van der Waals surface area contributed by atoms with E-state index in [-0.39, 0.29) is 131 Å². The van der Waals surface area contributed by atoms with E-state index in [1.54, 1.807) is 0 Å². The van der Waals surface area contributed by atoms with Gasteiger partial charge in [-0.3, -0.25) is 38.8 Å². The Morgan fingerprint density at radius 1 is 0.355 bits per heavy atom. The number of carbonyl (C=O) groups excluding carboxylic acids is 4. The fourth-order valence-electron chi connectivity index (χ4n) is 8.72. The van der Waals surface area contributed by atoms with Crippen LogP contribution in [0.1, 0.15) is 47.9 Å². The molecule has 1 heterocycles. The number of rotatable bonds is 28. The number of hydrogen-bond donors (Lipinski definition) is 0. The van der Waals surface area contributed by atoms with Crippen molar-refractivity contribution in [2.75, 3.05) is 78.5 Å². The van der Waals surface area contributed by atoms with Gasteiger partial charge < -0.3 is 18.9 Å². The van der Waals surface area contributed by atoms with Gasteiger partial charge in [-0.2, -0.15) is 0 Å². The first kappa shape index (κ1) is 58.7. The molecule has 24 nitrogen and oxygen atoms in total. The number of carbonyl (C=O) groups is 4. The van der Waals surface area contributed by atoms with Crippen molar-refractivity contribution < 1.29 is 38.1 Å². The molecular formula is C52H64N16O8. The second-order valence-corrected chi connectivity index (χ2v) is 17.6. The van der Waals surface area contributed by atoms with Crippen molar-refractivity contribution in [3.8, 4) is 0 Å². The Morgan fingerprint density at radius 2 is 0.539 bits per heavy atom. The molecule has 1 aliphatic heterocycles. The van der Waals surface area contributed by atoms with Gasteiger partial charge in [0.05, 0.1) is 0 Å². The Bertz CT molecular complexity index is 2230. The normalized spacial score (nSPS) is 15.4. The fraction of sp³-hybridized carbons (Fsp3) is 0.462. The number of benzene rings is 4. The standard InChI is InChI=1S/C52H64N16O8/c53-61-57-25-21-45(49(69)73-37-41-13-5-1-6-14-41)65-29-31-66(46(22-26-58-62-54)50(70)74-38-42-15-7-2-8-16-42)33-35-68(48(24-28-60-64-56)52(72)76-40-44-19-11-4-12-20-44)36-34-67(32-30-65)47(23-27-59-63-55)51(71)75-39-43-17-9-3-10-18-43/h1-20,45-48H,21-40H2/t45-,46-,47-,48-/m1/s1. The van der Waals surface area contributed by atoms with Crippen LogP contribution in [0.4, 0.5) is 0 Å². The Morgan fingerprint density at radius 3 is 0.711 bits per heavy atom. The van der Waals surface area contributed by atoms with E-state index in [9.17, 15) is 41.3 Å². The summed E-state index contributed by atoms with van der Waals surface area (Å²) >= 11 is 0. The van der Waals surface area contributed by atoms with E-state index >= 15 is 0 Å². The first-order valence-electron chi connectivity index (χ1n) is 25.1. The lowest BCUT2D eigenvalue weighted by Crippen LogP contribution is -2.57. The van der Waals surface area contributed by atoms with Crippen molar-refractivity contribution in [2.45, 2.75) is 76.3 Å². The van der Waals surface area contributed by atoms with Crippen LogP contribution < -0.4 is 0 Å². The van der Waals surface area contributed by atoms with E-state index < -0.39 is 48.0 Å². The maximum absolute atomic E-state index is 14.4. The molecule has 0 bridgehead atoms. The fourth-order valence-corrected chi connectivity index (χ4v) is 8.72.